The third kappa shape index (κ3) is 3.39. The van der Waals surface area contributed by atoms with Gasteiger partial charge in [0.25, 0.3) is 5.91 Å². The Morgan fingerprint density at radius 1 is 1.42 bits per heavy atom. The molecule has 1 aliphatic rings. The van der Waals surface area contributed by atoms with E-state index in [1.165, 1.54) is 0 Å². The molecule has 0 saturated carbocycles. The molecule has 0 spiro atoms. The molecule has 1 aliphatic heterocycles. The molecule has 104 valence electrons. The zero-order chi connectivity index (χ0) is 13.9. The minimum Gasteiger partial charge on any atom is -0.496 e. The highest BCUT2D eigenvalue weighted by atomic mass is 35.5. The van der Waals surface area contributed by atoms with Crippen molar-refractivity contribution in [3.63, 3.8) is 0 Å². The maximum atomic E-state index is 12.4. The minimum absolute atomic E-state index is 0.135. The van der Waals surface area contributed by atoms with Gasteiger partial charge in [-0.15, -0.1) is 0 Å². The first-order chi connectivity index (χ1) is 9.04. The van der Waals surface area contributed by atoms with Crippen molar-refractivity contribution in [2.24, 2.45) is 0 Å². The van der Waals surface area contributed by atoms with E-state index in [1.807, 2.05) is 0 Å². The molecule has 1 fully saturated rings. The molecule has 0 radical (unpaired) electrons. The third-order valence-electron chi connectivity index (χ3n) is 3.53. The highest BCUT2D eigenvalue weighted by Crippen LogP contribution is 2.24. The van der Waals surface area contributed by atoms with Gasteiger partial charge in [-0.2, -0.15) is 0 Å². The van der Waals surface area contributed by atoms with Gasteiger partial charge in [0.2, 0.25) is 0 Å². The number of carbonyl (C=O) groups excluding carboxylic acids is 1. The summed E-state index contributed by atoms with van der Waals surface area (Å²) in [5.41, 5.74) is 0.310. The lowest BCUT2D eigenvalue weighted by Crippen LogP contribution is -2.52. The number of hydrogen-bond acceptors (Lipinski definition) is 3. The van der Waals surface area contributed by atoms with Gasteiger partial charge in [-0.05, 0) is 51.1 Å². The number of ether oxygens (including phenoxy) is 1. The quantitative estimate of drug-likeness (QED) is 0.894. The van der Waals surface area contributed by atoms with Gasteiger partial charge in [0.15, 0.2) is 0 Å². The monoisotopic (exact) mass is 282 g/mol. The van der Waals surface area contributed by atoms with Gasteiger partial charge in [-0.25, -0.2) is 0 Å². The zero-order valence-electron chi connectivity index (χ0n) is 11.3. The van der Waals surface area contributed by atoms with Crippen molar-refractivity contribution in [3.05, 3.63) is 28.8 Å². The fraction of sp³-hybridized carbons (Fsp3) is 0.500. The Morgan fingerprint density at radius 2 is 2.11 bits per heavy atom. The van der Waals surface area contributed by atoms with Crippen molar-refractivity contribution in [3.8, 4) is 5.75 Å². The highest BCUT2D eigenvalue weighted by molar-refractivity contribution is 6.31. The minimum atomic E-state index is -0.171. The Hall–Kier alpha value is -1.26. The number of methoxy groups -OCH3 is 1. The van der Waals surface area contributed by atoms with E-state index in [4.69, 9.17) is 16.3 Å². The van der Waals surface area contributed by atoms with Crippen LogP contribution in [0.15, 0.2) is 18.2 Å². The highest BCUT2D eigenvalue weighted by Gasteiger charge is 2.29. The molecule has 5 heteroatoms. The van der Waals surface area contributed by atoms with Crippen LogP contribution in [-0.4, -0.2) is 31.6 Å². The summed E-state index contributed by atoms with van der Waals surface area (Å²) in [6.07, 6.45) is 1.84. The molecule has 4 nitrogen and oxygen atoms in total. The van der Waals surface area contributed by atoms with Crippen LogP contribution in [0.2, 0.25) is 5.02 Å². The smallest absolute Gasteiger partial charge is 0.255 e. The van der Waals surface area contributed by atoms with Gasteiger partial charge in [-0.3, -0.25) is 4.79 Å². The molecular weight excluding hydrogens is 264 g/mol. The summed E-state index contributed by atoms with van der Waals surface area (Å²) in [6, 6.07) is 5.06. The molecule has 0 atom stereocenters. The molecule has 0 aromatic heterocycles. The number of hydrogen-bond donors (Lipinski definition) is 2. The summed E-state index contributed by atoms with van der Waals surface area (Å²) in [5.74, 6) is 0.406. The largest absolute Gasteiger partial charge is 0.496 e. The van der Waals surface area contributed by atoms with E-state index in [1.54, 1.807) is 25.3 Å². The number of amides is 1. The van der Waals surface area contributed by atoms with E-state index in [9.17, 15) is 4.79 Å². The van der Waals surface area contributed by atoms with Crippen LogP contribution in [0.25, 0.3) is 0 Å². The molecule has 2 N–H and O–H groups in total. The second kappa shape index (κ2) is 5.80. The van der Waals surface area contributed by atoms with Crippen molar-refractivity contribution >= 4 is 17.5 Å². The first kappa shape index (κ1) is 14.2. The second-order valence-corrected chi connectivity index (χ2v) is 5.55. The van der Waals surface area contributed by atoms with Crippen LogP contribution in [0.4, 0.5) is 0 Å². The molecule has 1 aromatic rings. The lowest BCUT2D eigenvalue weighted by Gasteiger charge is -2.35. The standard InChI is InChI=1S/C14H19ClN2O2/c1-14(5-7-16-8-6-14)17-13(18)11-9-10(15)3-4-12(11)19-2/h3-4,9,16H,5-8H2,1-2H3,(H,17,18). The van der Waals surface area contributed by atoms with E-state index in [2.05, 4.69) is 17.6 Å². The maximum absolute atomic E-state index is 12.4. The van der Waals surface area contributed by atoms with Crippen LogP contribution < -0.4 is 15.4 Å². The van der Waals surface area contributed by atoms with Crippen molar-refractivity contribution in [1.29, 1.82) is 0 Å². The zero-order valence-corrected chi connectivity index (χ0v) is 12.0. The SMILES string of the molecule is COc1ccc(Cl)cc1C(=O)NC1(C)CCNCC1. The predicted molar refractivity (Wildman–Crippen MR) is 76.0 cm³/mol. The molecule has 0 aliphatic carbocycles. The lowest BCUT2D eigenvalue weighted by atomic mass is 9.90. The Morgan fingerprint density at radius 3 is 2.74 bits per heavy atom. The van der Waals surface area contributed by atoms with E-state index in [0.29, 0.717) is 16.3 Å². The van der Waals surface area contributed by atoms with Crippen LogP contribution >= 0.6 is 11.6 Å². The summed E-state index contributed by atoms with van der Waals surface area (Å²) < 4.78 is 5.21. The predicted octanol–water partition coefficient (Wildman–Crippen LogP) is 2.22. The van der Waals surface area contributed by atoms with Gasteiger partial charge in [-0.1, -0.05) is 11.6 Å². The number of piperidine rings is 1. The Labute approximate surface area is 118 Å². The van der Waals surface area contributed by atoms with Crippen LogP contribution in [-0.2, 0) is 0 Å². The molecule has 1 amide bonds. The summed E-state index contributed by atoms with van der Waals surface area (Å²) in [7, 11) is 1.55. The van der Waals surface area contributed by atoms with Gasteiger partial charge < -0.3 is 15.4 Å². The second-order valence-electron chi connectivity index (χ2n) is 5.11. The van der Waals surface area contributed by atoms with Gasteiger partial charge >= 0.3 is 0 Å². The Kier molecular flexibility index (Phi) is 4.32. The normalized spacial score (nSPS) is 17.8. The fourth-order valence-electron chi connectivity index (χ4n) is 2.30. The Bertz CT molecular complexity index is 471. The number of benzene rings is 1. The average Bonchev–Trinajstić information content (AvgIpc) is 2.39. The van der Waals surface area contributed by atoms with Gasteiger partial charge in [0, 0.05) is 10.6 Å². The molecule has 1 saturated heterocycles. The van der Waals surface area contributed by atoms with E-state index < -0.39 is 0 Å². The molecule has 19 heavy (non-hydrogen) atoms. The van der Waals surface area contributed by atoms with Crippen molar-refractivity contribution in [2.75, 3.05) is 20.2 Å². The van der Waals surface area contributed by atoms with E-state index in [-0.39, 0.29) is 11.4 Å². The van der Waals surface area contributed by atoms with Gasteiger partial charge in [0.1, 0.15) is 5.75 Å². The van der Waals surface area contributed by atoms with Crippen LogP contribution in [0.5, 0.6) is 5.75 Å². The number of carbonyl (C=O) groups is 1. The first-order valence-corrected chi connectivity index (χ1v) is 6.79. The van der Waals surface area contributed by atoms with Gasteiger partial charge in [0.05, 0.1) is 12.7 Å². The molecule has 2 rings (SSSR count). The summed E-state index contributed by atoms with van der Waals surface area (Å²) >= 11 is 5.95. The summed E-state index contributed by atoms with van der Waals surface area (Å²) in [4.78, 5) is 12.4. The molecular formula is C14H19ClN2O2. The first-order valence-electron chi connectivity index (χ1n) is 6.41. The number of halogens is 1. The molecule has 1 heterocycles. The van der Waals surface area contributed by atoms with Crippen molar-refractivity contribution < 1.29 is 9.53 Å². The maximum Gasteiger partial charge on any atom is 0.255 e. The van der Waals surface area contributed by atoms with E-state index >= 15 is 0 Å². The van der Waals surface area contributed by atoms with Crippen LogP contribution in [0.3, 0.4) is 0 Å². The fourth-order valence-corrected chi connectivity index (χ4v) is 2.47. The van der Waals surface area contributed by atoms with E-state index in [0.717, 1.165) is 25.9 Å². The topological polar surface area (TPSA) is 50.4 Å². The molecule has 0 bridgehead atoms. The average molecular weight is 283 g/mol. The number of rotatable bonds is 3. The summed E-state index contributed by atoms with van der Waals surface area (Å²) in [5, 5.41) is 6.91. The van der Waals surface area contributed by atoms with Crippen LogP contribution in [0, 0.1) is 0 Å². The summed E-state index contributed by atoms with van der Waals surface area (Å²) in [6.45, 7) is 3.91. The lowest BCUT2D eigenvalue weighted by molar-refractivity contribution is 0.0884. The third-order valence-corrected chi connectivity index (χ3v) is 3.76. The molecule has 0 unspecified atom stereocenters. The van der Waals surface area contributed by atoms with Crippen molar-refractivity contribution in [2.45, 2.75) is 25.3 Å². The molecule has 1 aromatic carbocycles. The Balaban J connectivity index is 2.17. The number of nitrogens with one attached hydrogen (secondary N) is 2. The van der Waals surface area contributed by atoms with Crippen molar-refractivity contribution in [1.82, 2.24) is 10.6 Å². The van der Waals surface area contributed by atoms with Crippen LogP contribution in [0.1, 0.15) is 30.1 Å².